The number of nitrogens with zero attached hydrogens (tertiary/aromatic N) is 1. The zero-order chi connectivity index (χ0) is 11.5. The summed E-state index contributed by atoms with van der Waals surface area (Å²) in [6, 6.07) is 8.59. The fourth-order valence-corrected chi connectivity index (χ4v) is 1.67. The SMILES string of the molecule is Clc1ccc(Oc2ccccn2)c(Cl)c1Cl. The number of halogens is 3. The summed E-state index contributed by atoms with van der Waals surface area (Å²) in [6.07, 6.45) is 1.63. The van der Waals surface area contributed by atoms with Gasteiger partial charge in [0.2, 0.25) is 5.88 Å². The fourth-order valence-electron chi connectivity index (χ4n) is 1.11. The number of aromatic nitrogens is 1. The van der Waals surface area contributed by atoms with Crippen molar-refractivity contribution in [1.82, 2.24) is 4.98 Å². The molecule has 1 aromatic heterocycles. The number of benzene rings is 1. The van der Waals surface area contributed by atoms with Crippen LogP contribution in [0.1, 0.15) is 0 Å². The van der Waals surface area contributed by atoms with Gasteiger partial charge in [0.1, 0.15) is 10.8 Å². The van der Waals surface area contributed by atoms with Crippen molar-refractivity contribution in [2.75, 3.05) is 0 Å². The van der Waals surface area contributed by atoms with Crippen LogP contribution in [0, 0.1) is 0 Å². The maximum absolute atomic E-state index is 5.98. The Morgan fingerprint density at radius 1 is 0.938 bits per heavy atom. The van der Waals surface area contributed by atoms with Gasteiger partial charge >= 0.3 is 0 Å². The third-order valence-corrected chi connectivity index (χ3v) is 3.13. The normalized spacial score (nSPS) is 10.2. The molecule has 2 aromatic rings. The van der Waals surface area contributed by atoms with E-state index in [1.165, 1.54) is 0 Å². The molecule has 0 atom stereocenters. The van der Waals surface area contributed by atoms with Crippen LogP contribution in [0.4, 0.5) is 0 Å². The van der Waals surface area contributed by atoms with Crippen LogP contribution in [0.15, 0.2) is 36.5 Å². The first kappa shape index (κ1) is 11.5. The smallest absolute Gasteiger partial charge is 0.219 e. The van der Waals surface area contributed by atoms with Crippen molar-refractivity contribution in [3.8, 4) is 11.6 Å². The first-order chi connectivity index (χ1) is 7.68. The molecule has 16 heavy (non-hydrogen) atoms. The summed E-state index contributed by atoms with van der Waals surface area (Å²) in [7, 11) is 0. The van der Waals surface area contributed by atoms with Crippen molar-refractivity contribution in [2.24, 2.45) is 0 Å². The summed E-state index contributed by atoms with van der Waals surface area (Å²) in [4.78, 5) is 4.01. The topological polar surface area (TPSA) is 22.1 Å². The number of hydrogen-bond donors (Lipinski definition) is 0. The second-order valence-corrected chi connectivity index (χ2v) is 4.11. The van der Waals surface area contributed by atoms with E-state index in [1.54, 1.807) is 30.5 Å². The van der Waals surface area contributed by atoms with Gasteiger partial charge in [0, 0.05) is 12.3 Å². The Hall–Kier alpha value is -0.960. The van der Waals surface area contributed by atoms with E-state index in [0.717, 1.165) is 0 Å². The third-order valence-electron chi connectivity index (χ3n) is 1.85. The van der Waals surface area contributed by atoms with Crippen LogP contribution in [0.25, 0.3) is 0 Å². The molecule has 1 heterocycles. The van der Waals surface area contributed by atoms with Crippen LogP contribution in [0.5, 0.6) is 11.6 Å². The second kappa shape index (κ2) is 4.91. The van der Waals surface area contributed by atoms with Gasteiger partial charge in [0.05, 0.1) is 10.0 Å². The lowest BCUT2D eigenvalue weighted by molar-refractivity contribution is 0.463. The van der Waals surface area contributed by atoms with E-state index in [9.17, 15) is 0 Å². The highest BCUT2D eigenvalue weighted by Gasteiger charge is 2.10. The van der Waals surface area contributed by atoms with Crippen LogP contribution in [-0.2, 0) is 0 Å². The quantitative estimate of drug-likeness (QED) is 0.731. The third kappa shape index (κ3) is 2.40. The minimum atomic E-state index is 0.275. The zero-order valence-electron chi connectivity index (χ0n) is 7.95. The van der Waals surface area contributed by atoms with Crippen LogP contribution in [0.2, 0.25) is 15.1 Å². The summed E-state index contributed by atoms with van der Waals surface area (Å²) < 4.78 is 5.46. The van der Waals surface area contributed by atoms with E-state index in [1.807, 2.05) is 6.07 Å². The maximum Gasteiger partial charge on any atom is 0.219 e. The van der Waals surface area contributed by atoms with Crippen molar-refractivity contribution in [3.05, 3.63) is 51.6 Å². The molecule has 0 fully saturated rings. The van der Waals surface area contributed by atoms with Gasteiger partial charge < -0.3 is 4.74 Å². The van der Waals surface area contributed by atoms with Crippen molar-refractivity contribution >= 4 is 34.8 Å². The summed E-state index contributed by atoms with van der Waals surface area (Å²) in [5, 5.41) is 0.941. The molecule has 0 aliphatic rings. The summed E-state index contributed by atoms with van der Waals surface area (Å²) >= 11 is 17.7. The number of ether oxygens (including phenoxy) is 1. The van der Waals surface area contributed by atoms with Crippen LogP contribution in [0.3, 0.4) is 0 Å². The zero-order valence-corrected chi connectivity index (χ0v) is 10.2. The largest absolute Gasteiger partial charge is 0.437 e. The average Bonchev–Trinajstić information content (AvgIpc) is 2.31. The molecule has 1 aromatic carbocycles. The molecular formula is C11H6Cl3NO. The minimum absolute atomic E-state index is 0.275. The lowest BCUT2D eigenvalue weighted by Crippen LogP contribution is -1.88. The van der Waals surface area contributed by atoms with Crippen molar-refractivity contribution in [2.45, 2.75) is 0 Å². The van der Waals surface area contributed by atoms with E-state index in [4.69, 9.17) is 39.5 Å². The predicted octanol–water partition coefficient (Wildman–Crippen LogP) is 4.83. The van der Waals surface area contributed by atoms with Crippen molar-refractivity contribution in [3.63, 3.8) is 0 Å². The van der Waals surface area contributed by atoms with Gasteiger partial charge in [-0.2, -0.15) is 0 Å². The number of pyridine rings is 1. The van der Waals surface area contributed by atoms with Gasteiger partial charge in [-0.3, -0.25) is 0 Å². The molecule has 0 aliphatic carbocycles. The van der Waals surface area contributed by atoms with Gasteiger partial charge in [0.25, 0.3) is 0 Å². The molecule has 0 unspecified atom stereocenters. The van der Waals surface area contributed by atoms with Crippen molar-refractivity contribution < 1.29 is 4.74 Å². The summed E-state index contributed by atoms with van der Waals surface area (Å²) in [5.74, 6) is 0.873. The molecular weight excluding hydrogens is 268 g/mol. The Bertz CT molecular complexity index is 502. The first-order valence-electron chi connectivity index (χ1n) is 4.41. The second-order valence-electron chi connectivity index (χ2n) is 2.94. The Labute approximate surface area is 108 Å². The minimum Gasteiger partial charge on any atom is -0.437 e. The maximum atomic E-state index is 5.98. The molecule has 2 nitrogen and oxygen atoms in total. The Kier molecular flexibility index (Phi) is 3.54. The molecule has 0 spiro atoms. The van der Waals surface area contributed by atoms with E-state index in [0.29, 0.717) is 16.7 Å². The monoisotopic (exact) mass is 273 g/mol. The van der Waals surface area contributed by atoms with Gasteiger partial charge in [0.15, 0.2) is 0 Å². The molecule has 0 N–H and O–H groups in total. The number of hydrogen-bond acceptors (Lipinski definition) is 2. The Morgan fingerprint density at radius 3 is 2.44 bits per heavy atom. The summed E-state index contributed by atoms with van der Waals surface area (Å²) in [5.41, 5.74) is 0. The van der Waals surface area contributed by atoms with E-state index >= 15 is 0 Å². The molecule has 0 saturated heterocycles. The predicted molar refractivity (Wildman–Crippen MR) is 65.8 cm³/mol. The lowest BCUT2D eigenvalue weighted by Gasteiger charge is -2.08. The molecule has 0 saturated carbocycles. The molecule has 0 radical (unpaired) electrons. The van der Waals surface area contributed by atoms with Gasteiger partial charge in [-0.05, 0) is 18.2 Å². The first-order valence-corrected chi connectivity index (χ1v) is 5.54. The molecule has 0 bridgehead atoms. The van der Waals surface area contributed by atoms with Gasteiger partial charge in [-0.15, -0.1) is 0 Å². The Morgan fingerprint density at radius 2 is 1.75 bits per heavy atom. The lowest BCUT2D eigenvalue weighted by atomic mass is 10.3. The van der Waals surface area contributed by atoms with Crippen LogP contribution < -0.4 is 4.74 Å². The molecule has 5 heteroatoms. The van der Waals surface area contributed by atoms with Gasteiger partial charge in [-0.25, -0.2) is 4.98 Å². The van der Waals surface area contributed by atoms with E-state index in [2.05, 4.69) is 4.98 Å². The fraction of sp³-hybridized carbons (Fsp3) is 0. The van der Waals surface area contributed by atoms with E-state index in [-0.39, 0.29) is 10.0 Å². The van der Waals surface area contributed by atoms with Gasteiger partial charge in [-0.1, -0.05) is 40.9 Å². The molecule has 82 valence electrons. The molecule has 0 aliphatic heterocycles. The summed E-state index contributed by atoms with van der Waals surface area (Å²) in [6.45, 7) is 0. The Balaban J connectivity index is 2.33. The van der Waals surface area contributed by atoms with E-state index < -0.39 is 0 Å². The number of rotatable bonds is 2. The highest BCUT2D eigenvalue weighted by Crippen LogP contribution is 2.38. The molecule has 2 rings (SSSR count). The average molecular weight is 275 g/mol. The standard InChI is InChI=1S/C11H6Cl3NO/c12-7-4-5-8(11(14)10(7)13)16-9-3-1-2-6-15-9/h1-6H. The van der Waals surface area contributed by atoms with Crippen molar-refractivity contribution in [1.29, 1.82) is 0 Å². The van der Waals surface area contributed by atoms with Crippen LogP contribution >= 0.6 is 34.8 Å². The van der Waals surface area contributed by atoms with Crippen LogP contribution in [-0.4, -0.2) is 4.98 Å². The highest BCUT2D eigenvalue weighted by molar-refractivity contribution is 6.48. The highest BCUT2D eigenvalue weighted by atomic mass is 35.5. The molecule has 0 amide bonds.